The number of aromatic hydroxyl groups is 1. The molecule has 4 aromatic rings. The van der Waals surface area contributed by atoms with Gasteiger partial charge in [0.2, 0.25) is 0 Å². The molecule has 0 saturated carbocycles. The second-order valence-electron chi connectivity index (χ2n) is 6.77. The van der Waals surface area contributed by atoms with Crippen LogP contribution >= 0.6 is 0 Å². The number of fused-ring (bicyclic) bond motifs is 1. The molecule has 0 atom stereocenters. The molecule has 0 aliphatic carbocycles. The molecule has 4 rings (SSSR count). The lowest BCUT2D eigenvalue weighted by Crippen LogP contribution is -2.25. The molecule has 1 aromatic heterocycles. The molecular formula is C24H18N2O4. The zero-order chi connectivity index (χ0) is 21.3. The number of nitrogens with zero attached hydrogens (tertiary/aromatic N) is 2. The maximum atomic E-state index is 13.4. The van der Waals surface area contributed by atoms with Crippen molar-refractivity contribution in [3.05, 3.63) is 100 Å². The molecule has 0 spiro atoms. The van der Waals surface area contributed by atoms with E-state index in [2.05, 4.69) is 4.99 Å². The fourth-order valence-corrected chi connectivity index (χ4v) is 3.41. The Labute approximate surface area is 172 Å². The van der Waals surface area contributed by atoms with Crippen LogP contribution in [0, 0.1) is 0 Å². The van der Waals surface area contributed by atoms with Gasteiger partial charge < -0.3 is 10.2 Å². The van der Waals surface area contributed by atoms with Crippen LogP contribution in [0.1, 0.15) is 22.8 Å². The van der Waals surface area contributed by atoms with Gasteiger partial charge in [-0.25, -0.2) is 4.79 Å². The lowest BCUT2D eigenvalue weighted by atomic mass is 10.1. The number of pyridine rings is 1. The van der Waals surface area contributed by atoms with Crippen LogP contribution in [0.15, 0.2) is 88.6 Å². The second-order valence-corrected chi connectivity index (χ2v) is 6.77. The normalized spacial score (nSPS) is 11.6. The number of carboxylic acids is 1. The Morgan fingerprint density at radius 1 is 0.900 bits per heavy atom. The van der Waals surface area contributed by atoms with E-state index in [1.54, 1.807) is 41.8 Å². The predicted octanol–water partition coefficient (Wildman–Crippen LogP) is 4.54. The fourth-order valence-electron chi connectivity index (χ4n) is 3.41. The third kappa shape index (κ3) is 3.35. The first-order chi connectivity index (χ1) is 14.5. The summed E-state index contributed by atoms with van der Waals surface area (Å²) in [4.78, 5) is 28.9. The summed E-state index contributed by atoms with van der Waals surface area (Å²) in [6, 6.07) is 22.3. The summed E-state index contributed by atoms with van der Waals surface area (Å²) in [6.45, 7) is 1.64. The van der Waals surface area contributed by atoms with E-state index in [1.165, 1.54) is 12.1 Å². The van der Waals surface area contributed by atoms with Crippen molar-refractivity contribution >= 4 is 28.3 Å². The van der Waals surface area contributed by atoms with Crippen molar-refractivity contribution in [2.75, 3.05) is 0 Å². The highest BCUT2D eigenvalue weighted by Gasteiger charge is 2.19. The minimum atomic E-state index is -1.03. The Balaban J connectivity index is 1.95. The Morgan fingerprint density at radius 3 is 2.20 bits per heavy atom. The zero-order valence-corrected chi connectivity index (χ0v) is 16.1. The Morgan fingerprint density at radius 2 is 1.53 bits per heavy atom. The molecule has 3 aromatic carbocycles. The summed E-state index contributed by atoms with van der Waals surface area (Å²) >= 11 is 0. The van der Waals surface area contributed by atoms with Gasteiger partial charge in [-0.3, -0.25) is 14.4 Å². The molecule has 0 unspecified atom stereocenters. The number of para-hydroxylation sites is 2. The average Bonchev–Trinajstić information content (AvgIpc) is 2.75. The van der Waals surface area contributed by atoms with Crippen LogP contribution in [0.4, 0.5) is 5.69 Å². The van der Waals surface area contributed by atoms with Crippen molar-refractivity contribution in [2.24, 2.45) is 4.99 Å². The van der Waals surface area contributed by atoms with Crippen molar-refractivity contribution in [1.82, 2.24) is 4.57 Å². The van der Waals surface area contributed by atoms with Gasteiger partial charge >= 0.3 is 5.97 Å². The van der Waals surface area contributed by atoms with Gasteiger partial charge in [0.25, 0.3) is 5.56 Å². The SMILES string of the molecule is CC(=Nc1ccc(C(=O)O)cc1)c1c(O)c2ccccc2n(-c2ccccc2)c1=O. The van der Waals surface area contributed by atoms with E-state index in [0.29, 0.717) is 28.0 Å². The van der Waals surface area contributed by atoms with E-state index < -0.39 is 5.97 Å². The summed E-state index contributed by atoms with van der Waals surface area (Å²) in [6.07, 6.45) is 0. The highest BCUT2D eigenvalue weighted by atomic mass is 16.4. The zero-order valence-electron chi connectivity index (χ0n) is 16.1. The first-order valence-electron chi connectivity index (χ1n) is 9.28. The molecule has 6 heteroatoms. The number of benzene rings is 3. The van der Waals surface area contributed by atoms with Gasteiger partial charge in [-0.15, -0.1) is 0 Å². The number of aliphatic imine (C=N–C) groups is 1. The van der Waals surface area contributed by atoms with E-state index in [1.807, 2.05) is 36.4 Å². The molecule has 148 valence electrons. The maximum Gasteiger partial charge on any atom is 0.335 e. The Bertz CT molecular complexity index is 1340. The predicted molar refractivity (Wildman–Crippen MR) is 116 cm³/mol. The summed E-state index contributed by atoms with van der Waals surface area (Å²) in [5.74, 6) is -1.16. The minimum Gasteiger partial charge on any atom is -0.506 e. The fraction of sp³-hybridized carbons (Fsp3) is 0.0417. The van der Waals surface area contributed by atoms with E-state index in [0.717, 1.165) is 0 Å². The molecular weight excluding hydrogens is 380 g/mol. The van der Waals surface area contributed by atoms with Gasteiger partial charge in [0, 0.05) is 11.1 Å². The third-order valence-electron chi connectivity index (χ3n) is 4.84. The molecule has 0 saturated heterocycles. The lowest BCUT2D eigenvalue weighted by Gasteiger charge is -2.15. The standard InChI is InChI=1S/C24H18N2O4/c1-15(25-17-13-11-16(12-14-17)24(29)30)21-22(27)19-9-5-6-10-20(19)26(23(21)28)18-7-3-2-4-8-18/h2-14,27H,1H3,(H,29,30). The number of rotatable bonds is 4. The topological polar surface area (TPSA) is 91.9 Å². The first-order valence-corrected chi connectivity index (χ1v) is 9.28. The lowest BCUT2D eigenvalue weighted by molar-refractivity contribution is 0.0697. The Hall–Kier alpha value is -4.19. The number of aromatic nitrogens is 1. The molecule has 0 amide bonds. The molecule has 6 nitrogen and oxygen atoms in total. The smallest absolute Gasteiger partial charge is 0.335 e. The van der Waals surface area contributed by atoms with Gasteiger partial charge in [0.05, 0.1) is 22.5 Å². The monoisotopic (exact) mass is 398 g/mol. The van der Waals surface area contributed by atoms with Gasteiger partial charge in [0.15, 0.2) is 0 Å². The summed E-state index contributed by atoms with van der Waals surface area (Å²) in [5.41, 5.74) is 1.94. The van der Waals surface area contributed by atoms with Crippen LogP contribution in [0.5, 0.6) is 5.75 Å². The van der Waals surface area contributed by atoms with Crippen LogP contribution < -0.4 is 5.56 Å². The summed E-state index contributed by atoms with van der Waals surface area (Å²) < 4.78 is 1.55. The first kappa shape index (κ1) is 19.1. The Kier molecular flexibility index (Phi) is 4.90. The van der Waals surface area contributed by atoms with Crippen LogP contribution in [0.2, 0.25) is 0 Å². The molecule has 1 heterocycles. The van der Waals surface area contributed by atoms with Gasteiger partial charge in [-0.2, -0.15) is 0 Å². The van der Waals surface area contributed by atoms with E-state index >= 15 is 0 Å². The van der Waals surface area contributed by atoms with Crippen molar-refractivity contribution in [1.29, 1.82) is 0 Å². The van der Waals surface area contributed by atoms with Crippen LogP contribution in [0.3, 0.4) is 0 Å². The molecule has 0 bridgehead atoms. The highest BCUT2D eigenvalue weighted by molar-refractivity contribution is 6.06. The number of carbonyl (C=O) groups is 1. The maximum absolute atomic E-state index is 13.4. The number of carboxylic acid groups (broad SMARTS) is 1. The minimum absolute atomic E-state index is 0.0971. The third-order valence-corrected chi connectivity index (χ3v) is 4.84. The average molecular weight is 398 g/mol. The molecule has 0 fully saturated rings. The van der Waals surface area contributed by atoms with Gasteiger partial charge in [0.1, 0.15) is 11.3 Å². The van der Waals surface area contributed by atoms with Gasteiger partial charge in [-0.1, -0.05) is 30.3 Å². The van der Waals surface area contributed by atoms with Crippen LogP contribution in [0.25, 0.3) is 16.6 Å². The molecule has 0 aliphatic heterocycles. The largest absolute Gasteiger partial charge is 0.506 e. The van der Waals surface area contributed by atoms with E-state index in [9.17, 15) is 14.7 Å². The number of hydrogen-bond acceptors (Lipinski definition) is 4. The summed E-state index contributed by atoms with van der Waals surface area (Å²) in [5, 5.41) is 20.5. The quantitative estimate of drug-likeness (QED) is 0.494. The highest BCUT2D eigenvalue weighted by Crippen LogP contribution is 2.29. The number of hydrogen-bond donors (Lipinski definition) is 2. The van der Waals surface area contributed by atoms with Gasteiger partial charge in [-0.05, 0) is 55.5 Å². The molecule has 2 N–H and O–H groups in total. The van der Waals surface area contributed by atoms with E-state index in [-0.39, 0.29) is 22.4 Å². The van der Waals surface area contributed by atoms with Crippen molar-refractivity contribution < 1.29 is 15.0 Å². The molecule has 30 heavy (non-hydrogen) atoms. The van der Waals surface area contributed by atoms with Crippen molar-refractivity contribution in [3.63, 3.8) is 0 Å². The van der Waals surface area contributed by atoms with Crippen molar-refractivity contribution in [3.8, 4) is 11.4 Å². The molecule has 0 radical (unpaired) electrons. The second kappa shape index (κ2) is 7.67. The number of aromatic carboxylic acids is 1. The van der Waals surface area contributed by atoms with Crippen LogP contribution in [-0.2, 0) is 0 Å². The summed E-state index contributed by atoms with van der Waals surface area (Å²) in [7, 11) is 0. The van der Waals surface area contributed by atoms with E-state index in [4.69, 9.17) is 5.11 Å². The van der Waals surface area contributed by atoms with Crippen LogP contribution in [-0.4, -0.2) is 26.5 Å². The molecule has 0 aliphatic rings. The van der Waals surface area contributed by atoms with Crippen molar-refractivity contribution in [2.45, 2.75) is 6.92 Å².